The van der Waals surface area contributed by atoms with E-state index in [1.54, 1.807) is 0 Å². The van der Waals surface area contributed by atoms with Crippen molar-refractivity contribution in [1.29, 1.82) is 0 Å². The van der Waals surface area contributed by atoms with Crippen LogP contribution in [0.15, 0.2) is 24.3 Å². The molecule has 0 radical (unpaired) electrons. The van der Waals surface area contributed by atoms with Crippen LogP contribution in [0.2, 0.25) is 0 Å². The lowest BCUT2D eigenvalue weighted by Crippen LogP contribution is -2.36. The maximum absolute atomic E-state index is 5.39. The SMILES string of the molecule is CCOc1ccc(NC(=S)NC(CC)CC)cc1. The molecule has 100 valence electrons. The molecule has 0 aliphatic carbocycles. The van der Waals surface area contributed by atoms with Gasteiger partial charge in [0.15, 0.2) is 5.11 Å². The van der Waals surface area contributed by atoms with Crippen molar-refractivity contribution in [3.63, 3.8) is 0 Å². The van der Waals surface area contributed by atoms with Gasteiger partial charge in [-0.25, -0.2) is 0 Å². The number of anilines is 1. The molecule has 4 heteroatoms. The summed E-state index contributed by atoms with van der Waals surface area (Å²) in [4.78, 5) is 0. The summed E-state index contributed by atoms with van der Waals surface area (Å²) in [5.74, 6) is 0.877. The molecule has 18 heavy (non-hydrogen) atoms. The highest BCUT2D eigenvalue weighted by Gasteiger charge is 2.05. The van der Waals surface area contributed by atoms with Crippen molar-refractivity contribution in [3.8, 4) is 5.75 Å². The third-order valence-corrected chi connectivity index (χ3v) is 2.96. The highest BCUT2D eigenvalue weighted by Crippen LogP contribution is 2.15. The number of hydrogen-bond acceptors (Lipinski definition) is 2. The Bertz CT molecular complexity index is 361. The highest BCUT2D eigenvalue weighted by atomic mass is 32.1. The largest absolute Gasteiger partial charge is 0.494 e. The molecule has 0 aliphatic heterocycles. The summed E-state index contributed by atoms with van der Waals surface area (Å²) >= 11 is 5.28. The smallest absolute Gasteiger partial charge is 0.170 e. The molecule has 0 bridgehead atoms. The Hall–Kier alpha value is -1.29. The summed E-state index contributed by atoms with van der Waals surface area (Å²) in [6, 6.07) is 8.24. The van der Waals surface area contributed by atoms with Crippen molar-refractivity contribution in [3.05, 3.63) is 24.3 Å². The van der Waals surface area contributed by atoms with Crippen molar-refractivity contribution in [1.82, 2.24) is 5.32 Å². The predicted octanol–water partition coefficient (Wildman–Crippen LogP) is 3.56. The Balaban J connectivity index is 2.48. The molecule has 0 saturated carbocycles. The second kappa shape index (κ2) is 7.93. The summed E-state index contributed by atoms with van der Waals surface area (Å²) in [7, 11) is 0. The second-order valence-electron chi connectivity index (χ2n) is 4.07. The van der Waals surface area contributed by atoms with Crippen LogP contribution >= 0.6 is 12.2 Å². The number of hydrogen-bond donors (Lipinski definition) is 2. The van der Waals surface area contributed by atoms with Crippen LogP contribution in [-0.4, -0.2) is 17.8 Å². The summed E-state index contributed by atoms with van der Waals surface area (Å²) in [6.45, 7) is 6.96. The zero-order valence-electron chi connectivity index (χ0n) is 11.3. The molecule has 1 aromatic carbocycles. The van der Waals surface area contributed by atoms with Crippen molar-refractivity contribution in [2.45, 2.75) is 39.7 Å². The molecule has 0 saturated heterocycles. The fraction of sp³-hybridized carbons (Fsp3) is 0.500. The fourth-order valence-corrected chi connectivity index (χ4v) is 1.93. The Morgan fingerprint density at radius 2 is 1.78 bits per heavy atom. The van der Waals surface area contributed by atoms with E-state index in [1.807, 2.05) is 31.2 Å². The number of benzene rings is 1. The maximum atomic E-state index is 5.39. The van der Waals surface area contributed by atoms with Gasteiger partial charge in [-0.3, -0.25) is 0 Å². The Morgan fingerprint density at radius 3 is 2.28 bits per heavy atom. The summed E-state index contributed by atoms with van der Waals surface area (Å²) in [5.41, 5.74) is 0.974. The van der Waals surface area contributed by atoms with Crippen molar-refractivity contribution >= 4 is 23.0 Å². The van der Waals surface area contributed by atoms with E-state index >= 15 is 0 Å². The highest BCUT2D eigenvalue weighted by molar-refractivity contribution is 7.80. The molecule has 0 aliphatic rings. The van der Waals surface area contributed by atoms with E-state index in [1.165, 1.54) is 0 Å². The molecular formula is C14H22N2OS. The van der Waals surface area contributed by atoms with Crippen molar-refractivity contribution < 1.29 is 4.74 Å². The van der Waals surface area contributed by atoms with Gasteiger partial charge in [0.25, 0.3) is 0 Å². The molecule has 3 nitrogen and oxygen atoms in total. The first-order valence-corrected chi connectivity index (χ1v) is 6.90. The van der Waals surface area contributed by atoms with E-state index < -0.39 is 0 Å². The number of nitrogens with one attached hydrogen (secondary N) is 2. The minimum absolute atomic E-state index is 0.438. The maximum Gasteiger partial charge on any atom is 0.170 e. The van der Waals surface area contributed by atoms with E-state index in [9.17, 15) is 0 Å². The van der Waals surface area contributed by atoms with Gasteiger partial charge in [-0.1, -0.05) is 13.8 Å². The molecule has 0 spiro atoms. The van der Waals surface area contributed by atoms with E-state index in [0.717, 1.165) is 24.3 Å². The lowest BCUT2D eigenvalue weighted by atomic mass is 10.2. The second-order valence-corrected chi connectivity index (χ2v) is 4.48. The van der Waals surface area contributed by atoms with Gasteiger partial charge in [0, 0.05) is 11.7 Å². The van der Waals surface area contributed by atoms with Crippen molar-refractivity contribution in [2.75, 3.05) is 11.9 Å². The van der Waals surface area contributed by atoms with Crippen molar-refractivity contribution in [2.24, 2.45) is 0 Å². The van der Waals surface area contributed by atoms with E-state index in [-0.39, 0.29) is 0 Å². The molecule has 2 N–H and O–H groups in total. The molecule has 0 atom stereocenters. The van der Waals surface area contributed by atoms with Gasteiger partial charge >= 0.3 is 0 Å². The standard InChI is InChI=1S/C14H22N2OS/c1-4-11(5-2)15-14(18)16-12-7-9-13(10-8-12)17-6-3/h7-11H,4-6H2,1-3H3,(H2,15,16,18). The number of rotatable bonds is 6. The fourth-order valence-electron chi connectivity index (χ4n) is 1.65. The first-order chi connectivity index (χ1) is 8.69. The number of thiocarbonyl (C=S) groups is 1. The molecule has 1 aromatic rings. The zero-order chi connectivity index (χ0) is 13.4. The Morgan fingerprint density at radius 1 is 1.17 bits per heavy atom. The molecule has 0 amide bonds. The first kappa shape index (κ1) is 14.8. The predicted molar refractivity (Wildman–Crippen MR) is 81.3 cm³/mol. The quantitative estimate of drug-likeness (QED) is 0.771. The van der Waals surface area contributed by atoms with E-state index in [2.05, 4.69) is 24.5 Å². The first-order valence-electron chi connectivity index (χ1n) is 6.49. The zero-order valence-corrected chi connectivity index (χ0v) is 12.1. The number of ether oxygens (including phenoxy) is 1. The van der Waals surface area contributed by atoms with Gasteiger partial charge in [0.05, 0.1) is 6.61 Å². The molecule has 0 fully saturated rings. The lowest BCUT2D eigenvalue weighted by Gasteiger charge is -2.18. The van der Waals surface area contributed by atoms with Gasteiger partial charge in [-0.2, -0.15) is 0 Å². The monoisotopic (exact) mass is 266 g/mol. The molecular weight excluding hydrogens is 244 g/mol. The van der Waals surface area contributed by atoms with Crippen LogP contribution in [0.4, 0.5) is 5.69 Å². The minimum Gasteiger partial charge on any atom is -0.494 e. The van der Waals surface area contributed by atoms with Gasteiger partial charge < -0.3 is 15.4 Å². The van der Waals surface area contributed by atoms with Crippen LogP contribution in [0.1, 0.15) is 33.6 Å². The van der Waals surface area contributed by atoms with E-state index in [4.69, 9.17) is 17.0 Å². The minimum atomic E-state index is 0.438. The Kier molecular flexibility index (Phi) is 6.50. The molecule has 0 unspecified atom stereocenters. The normalized spacial score (nSPS) is 10.2. The molecule has 0 aromatic heterocycles. The van der Waals surface area contributed by atoms with Gasteiger partial charge in [-0.15, -0.1) is 0 Å². The van der Waals surface area contributed by atoms with Crippen LogP contribution in [0, 0.1) is 0 Å². The summed E-state index contributed by atoms with van der Waals surface area (Å²) < 4.78 is 5.39. The molecule has 1 rings (SSSR count). The summed E-state index contributed by atoms with van der Waals surface area (Å²) in [5, 5.41) is 7.14. The van der Waals surface area contributed by atoms with Gasteiger partial charge in [-0.05, 0) is 56.2 Å². The third-order valence-electron chi connectivity index (χ3n) is 2.74. The Labute approximate surface area is 115 Å². The average molecular weight is 266 g/mol. The van der Waals surface area contributed by atoms with Crippen LogP contribution in [0.25, 0.3) is 0 Å². The van der Waals surface area contributed by atoms with Crippen LogP contribution in [0.3, 0.4) is 0 Å². The topological polar surface area (TPSA) is 33.3 Å². The third kappa shape index (κ3) is 4.92. The lowest BCUT2D eigenvalue weighted by molar-refractivity contribution is 0.340. The van der Waals surface area contributed by atoms with Crippen LogP contribution in [0.5, 0.6) is 5.75 Å². The average Bonchev–Trinajstić information content (AvgIpc) is 2.38. The molecule has 0 heterocycles. The van der Waals surface area contributed by atoms with Gasteiger partial charge in [0.1, 0.15) is 5.75 Å². The van der Waals surface area contributed by atoms with Crippen LogP contribution in [-0.2, 0) is 0 Å². The van der Waals surface area contributed by atoms with Gasteiger partial charge in [0.2, 0.25) is 0 Å². The van der Waals surface area contributed by atoms with E-state index in [0.29, 0.717) is 17.8 Å². The van der Waals surface area contributed by atoms with Crippen LogP contribution < -0.4 is 15.4 Å². The summed E-state index contributed by atoms with van der Waals surface area (Å²) in [6.07, 6.45) is 2.14.